The number of thioether (sulfide) groups is 1. The third-order valence-electron chi connectivity index (χ3n) is 8.55. The first-order valence-electron chi connectivity index (χ1n) is 15.1. The molecule has 2 aromatic carbocycles. The van der Waals surface area contributed by atoms with Crippen LogP contribution in [0.25, 0.3) is 5.70 Å². The Balaban J connectivity index is 1.52. The average molecular weight is 618 g/mol. The number of rotatable bonds is 13. The number of halogens is 3. The number of carbonyl (C=O) groups excluding carboxylic acids is 1. The lowest BCUT2D eigenvalue weighted by molar-refractivity contribution is -0.136. The zero-order chi connectivity index (χ0) is 30.2. The van der Waals surface area contributed by atoms with Gasteiger partial charge in [-0.3, -0.25) is 4.79 Å². The maximum Gasteiger partial charge on any atom is 0.232 e. The predicted octanol–water partition coefficient (Wildman–Crippen LogP) is 3.83. The second-order valence-electron chi connectivity index (χ2n) is 11.5. The van der Waals surface area contributed by atoms with Crippen LogP contribution in [0.2, 0.25) is 0 Å². The molecule has 11 heteroatoms. The molecule has 0 saturated carbocycles. The number of carbonyl (C=O) groups is 1. The molecule has 3 heterocycles. The fourth-order valence-electron chi connectivity index (χ4n) is 6.28. The van der Waals surface area contributed by atoms with Gasteiger partial charge in [0.15, 0.2) is 0 Å². The van der Waals surface area contributed by atoms with Gasteiger partial charge in [0, 0.05) is 69.4 Å². The molecule has 0 aliphatic carbocycles. The van der Waals surface area contributed by atoms with Crippen molar-refractivity contribution in [3.8, 4) is 0 Å². The molecule has 0 spiro atoms. The number of amides is 1. The average Bonchev–Trinajstić information content (AvgIpc) is 3.62. The van der Waals surface area contributed by atoms with Crippen molar-refractivity contribution in [3.05, 3.63) is 77.5 Å². The minimum absolute atomic E-state index is 0.0384. The Morgan fingerprint density at radius 1 is 1.16 bits per heavy atom. The van der Waals surface area contributed by atoms with E-state index in [0.29, 0.717) is 32.0 Å². The van der Waals surface area contributed by atoms with Gasteiger partial charge in [-0.2, -0.15) is 11.8 Å². The summed E-state index contributed by atoms with van der Waals surface area (Å²) in [5.74, 6) is -0.308. The summed E-state index contributed by atoms with van der Waals surface area (Å²) < 4.78 is 50.1. The van der Waals surface area contributed by atoms with Gasteiger partial charge in [-0.1, -0.05) is 30.3 Å². The predicted molar refractivity (Wildman–Crippen MR) is 165 cm³/mol. The summed E-state index contributed by atoms with van der Waals surface area (Å²) >= 11 is 1.56. The van der Waals surface area contributed by atoms with Gasteiger partial charge in [-0.25, -0.2) is 13.2 Å². The van der Waals surface area contributed by atoms with Crippen molar-refractivity contribution in [1.29, 1.82) is 0 Å². The van der Waals surface area contributed by atoms with E-state index in [0.717, 1.165) is 42.8 Å². The first kappa shape index (κ1) is 31.7. The molecule has 4 unspecified atom stereocenters. The topological polar surface area (TPSA) is 68.9 Å². The number of nitrogens with zero attached hydrogens (tertiary/aromatic N) is 2. The molecule has 43 heavy (non-hydrogen) atoms. The maximum atomic E-state index is 15.1. The van der Waals surface area contributed by atoms with Crippen LogP contribution in [0.1, 0.15) is 24.0 Å². The molecular formula is C32H42F3N5O2S. The highest BCUT2D eigenvalue weighted by Crippen LogP contribution is 2.34. The molecule has 2 fully saturated rings. The molecule has 3 aliphatic rings. The number of alkyl halides is 1. The zero-order valence-electron chi connectivity index (χ0n) is 24.6. The molecule has 0 bridgehead atoms. The Labute approximate surface area is 256 Å². The summed E-state index contributed by atoms with van der Waals surface area (Å²) in [6.07, 6.45) is 1.82. The molecular weight excluding hydrogens is 575 g/mol. The number of ether oxygens (including phenoxy) is 1. The molecule has 3 N–H and O–H groups in total. The lowest BCUT2D eigenvalue weighted by atomic mass is 9.87. The number of hydrogen-bond acceptors (Lipinski definition) is 7. The third kappa shape index (κ3) is 8.06. The Kier molecular flexibility index (Phi) is 11.3. The Morgan fingerprint density at radius 2 is 1.95 bits per heavy atom. The van der Waals surface area contributed by atoms with Crippen molar-refractivity contribution >= 4 is 23.4 Å². The van der Waals surface area contributed by atoms with Crippen molar-refractivity contribution in [3.63, 3.8) is 0 Å². The minimum atomic E-state index is -1.05. The van der Waals surface area contributed by atoms with E-state index in [1.54, 1.807) is 11.8 Å². The maximum absolute atomic E-state index is 15.1. The highest BCUT2D eigenvalue weighted by molar-refractivity contribution is 7.99. The van der Waals surface area contributed by atoms with E-state index in [2.05, 4.69) is 20.9 Å². The van der Waals surface area contributed by atoms with E-state index < -0.39 is 24.0 Å². The second-order valence-corrected chi connectivity index (χ2v) is 12.6. The SMILES string of the molecule is CNCCSCC(=O)N(CC1CNCC1F)C(C1CCOCC1)C1NC(c2cc(F)ccc2F)=CN1Cc1ccccc1. The first-order valence-corrected chi connectivity index (χ1v) is 16.3. The van der Waals surface area contributed by atoms with Crippen molar-refractivity contribution in [1.82, 2.24) is 25.8 Å². The summed E-state index contributed by atoms with van der Waals surface area (Å²) in [4.78, 5) is 18.1. The van der Waals surface area contributed by atoms with E-state index in [1.165, 1.54) is 6.07 Å². The summed E-state index contributed by atoms with van der Waals surface area (Å²) in [5.41, 5.74) is 1.63. The van der Waals surface area contributed by atoms with Crippen molar-refractivity contribution in [2.45, 2.75) is 37.8 Å². The van der Waals surface area contributed by atoms with E-state index >= 15 is 8.78 Å². The highest BCUT2D eigenvalue weighted by Gasteiger charge is 2.44. The molecule has 1 amide bonds. The van der Waals surface area contributed by atoms with Crippen LogP contribution >= 0.6 is 11.8 Å². The summed E-state index contributed by atoms with van der Waals surface area (Å²) in [7, 11) is 1.88. The zero-order valence-corrected chi connectivity index (χ0v) is 25.4. The van der Waals surface area contributed by atoms with Crippen LogP contribution in [0, 0.1) is 23.5 Å². The molecule has 3 aliphatic heterocycles. The lowest BCUT2D eigenvalue weighted by Crippen LogP contribution is -2.61. The van der Waals surface area contributed by atoms with Gasteiger partial charge in [-0.15, -0.1) is 0 Å². The fourth-order valence-corrected chi connectivity index (χ4v) is 7.11. The van der Waals surface area contributed by atoms with Crippen LogP contribution in [0.4, 0.5) is 13.2 Å². The monoisotopic (exact) mass is 617 g/mol. The van der Waals surface area contributed by atoms with Crippen LogP contribution < -0.4 is 16.0 Å². The van der Waals surface area contributed by atoms with Crippen LogP contribution in [-0.4, -0.2) is 92.0 Å². The normalized spacial score (nSPS) is 23.2. The quantitative estimate of drug-likeness (QED) is 0.296. The Hall–Kier alpha value is -2.73. The molecule has 2 saturated heterocycles. The van der Waals surface area contributed by atoms with Crippen LogP contribution in [0.15, 0.2) is 54.7 Å². The standard InChI is InChI=1S/C32H42F3N5O2S/c1-36-11-14-43-21-30(41)40(19-24-16-37-17-28(24)35)31(23-9-12-42-13-10-23)32-38-29(26-15-25(33)7-8-27(26)34)20-39(32)18-22-5-3-2-4-6-22/h2-8,15,20,23-24,28,31-32,36-38H,9-14,16-19,21H2,1H3. The van der Waals surface area contributed by atoms with Gasteiger partial charge in [0.05, 0.1) is 17.5 Å². The molecule has 234 valence electrons. The summed E-state index contributed by atoms with van der Waals surface area (Å²) in [6, 6.07) is 13.0. The molecule has 0 aromatic heterocycles. The summed E-state index contributed by atoms with van der Waals surface area (Å²) in [5, 5.41) is 9.76. The highest BCUT2D eigenvalue weighted by atomic mass is 32.2. The Morgan fingerprint density at radius 3 is 2.67 bits per heavy atom. The van der Waals surface area contributed by atoms with Crippen molar-refractivity contribution in [2.75, 3.05) is 57.9 Å². The van der Waals surface area contributed by atoms with Gasteiger partial charge >= 0.3 is 0 Å². The number of nitrogens with one attached hydrogen (secondary N) is 3. The fraction of sp³-hybridized carbons (Fsp3) is 0.531. The van der Waals surface area contributed by atoms with Crippen LogP contribution in [0.3, 0.4) is 0 Å². The second kappa shape index (κ2) is 15.3. The van der Waals surface area contributed by atoms with Gasteiger partial charge in [0.1, 0.15) is 24.0 Å². The smallest absolute Gasteiger partial charge is 0.232 e. The molecule has 4 atom stereocenters. The molecule has 7 nitrogen and oxygen atoms in total. The van der Waals surface area contributed by atoms with E-state index in [4.69, 9.17) is 4.74 Å². The molecule has 0 radical (unpaired) electrons. The third-order valence-corrected chi connectivity index (χ3v) is 9.49. The van der Waals surface area contributed by atoms with Gasteiger partial charge in [0.25, 0.3) is 0 Å². The summed E-state index contributed by atoms with van der Waals surface area (Å²) in [6.45, 7) is 3.47. The van der Waals surface area contributed by atoms with Crippen molar-refractivity contribution in [2.24, 2.45) is 11.8 Å². The van der Waals surface area contributed by atoms with Gasteiger partial charge in [0.2, 0.25) is 5.91 Å². The van der Waals surface area contributed by atoms with E-state index in [9.17, 15) is 9.18 Å². The molecule has 2 aromatic rings. The minimum Gasteiger partial charge on any atom is -0.381 e. The molecule has 5 rings (SSSR count). The van der Waals surface area contributed by atoms with E-state index in [-0.39, 0.29) is 48.2 Å². The van der Waals surface area contributed by atoms with Gasteiger partial charge in [-0.05, 0) is 49.6 Å². The lowest BCUT2D eigenvalue weighted by Gasteiger charge is -2.46. The van der Waals surface area contributed by atoms with E-state index in [1.807, 2.05) is 48.5 Å². The van der Waals surface area contributed by atoms with Gasteiger partial charge < -0.3 is 30.5 Å². The number of benzene rings is 2. The van der Waals surface area contributed by atoms with Crippen molar-refractivity contribution < 1.29 is 22.7 Å². The number of hydrogen-bond donors (Lipinski definition) is 3. The van der Waals surface area contributed by atoms with Crippen LogP contribution in [-0.2, 0) is 16.1 Å². The van der Waals surface area contributed by atoms with Crippen LogP contribution in [0.5, 0.6) is 0 Å². The first-order chi connectivity index (χ1) is 20.9. The largest absolute Gasteiger partial charge is 0.381 e. The Bertz CT molecular complexity index is 1230.